The molecular weight excluding hydrogens is 1380 g/mol. The van der Waals surface area contributed by atoms with Crippen molar-refractivity contribution in [1.29, 1.82) is 0 Å². The minimum Gasteiger partial charge on any atom is -0.463 e. The van der Waals surface area contributed by atoms with Gasteiger partial charge in [-0.2, -0.15) is 0 Å². The fourth-order valence-corrected chi connectivity index (χ4v) is 13.0. The maximum Gasteiger partial charge on any atom is 0.338 e. The van der Waals surface area contributed by atoms with Gasteiger partial charge < -0.3 is 37.9 Å². The molecule has 1 aliphatic heterocycles. The summed E-state index contributed by atoms with van der Waals surface area (Å²) in [5.74, 6) is -8.84. The van der Waals surface area contributed by atoms with Crippen LogP contribution in [-0.2, 0) is 103 Å². The van der Waals surface area contributed by atoms with E-state index in [1.165, 1.54) is 0 Å². The molecule has 5 aromatic rings. The van der Waals surface area contributed by atoms with Crippen LogP contribution in [0.1, 0.15) is 197 Å². The number of cyclic esters (lactones) is 2. The van der Waals surface area contributed by atoms with Gasteiger partial charge in [-0.25, -0.2) is 4.79 Å². The van der Waals surface area contributed by atoms with Crippen molar-refractivity contribution in [2.24, 2.45) is 47.3 Å². The lowest BCUT2D eigenvalue weighted by molar-refractivity contribution is -0.162. The lowest BCUT2D eigenvalue weighted by Crippen LogP contribution is -2.32. The Bertz CT molecular complexity index is 3570. The van der Waals surface area contributed by atoms with Gasteiger partial charge in [-0.05, 0) is 161 Å². The van der Waals surface area contributed by atoms with E-state index < -0.39 is 96.6 Å². The molecule has 17 nitrogen and oxygen atoms in total. The van der Waals surface area contributed by atoms with Gasteiger partial charge in [0.15, 0.2) is 0 Å². The Morgan fingerprint density at radius 3 is 1.77 bits per heavy atom. The highest BCUT2D eigenvalue weighted by Gasteiger charge is 2.34. The highest BCUT2D eigenvalue weighted by Crippen LogP contribution is 2.31. The molecule has 0 saturated carbocycles. The fourth-order valence-electron chi connectivity index (χ4n) is 12.7. The molecule has 5 aromatic carbocycles. The third-order valence-corrected chi connectivity index (χ3v) is 19.2. The standard InChI is InChI=1S/C86H107BrO17/c1-9-71(49-64(7)83(93)99-55-67-29-19-13-20-30-67)77(88)45-39-70-48-61(4)46-60(3)47-63(6)82(104-86(96)72-40-42-75(87)43-41-72)62(5)37-44-76(103-81(92)53-74(51-79(90)98-58-70)85(95)101-57-69-33-23-15-24-34-69)35-25-11-10-16-26-59(2)36-38-65(8)102-80(91)52-73(84(94)100-56-68-31-21-14-22-32-68)50-78(89)97-54-66-27-17-12-18-28-66/h12-24,26-34,40-43,47-48,59,61-65,71,73-74,76,82H,9-11,25,35-39,44-46,49-58H2,1-8H3/b26-16+,60-47+,70-48-. The zero-order valence-electron chi connectivity index (χ0n) is 61.9. The van der Waals surface area contributed by atoms with Crippen molar-refractivity contribution in [3.05, 3.63) is 213 Å². The first-order chi connectivity index (χ1) is 50.0. The van der Waals surface area contributed by atoms with Crippen molar-refractivity contribution >= 4 is 69.5 Å². The molecule has 1 heterocycles. The van der Waals surface area contributed by atoms with Crippen molar-refractivity contribution in [1.82, 2.24) is 0 Å². The van der Waals surface area contributed by atoms with Crippen molar-refractivity contribution in [3.63, 3.8) is 0 Å². The third-order valence-electron chi connectivity index (χ3n) is 18.7. The van der Waals surface area contributed by atoms with Gasteiger partial charge in [-0.3, -0.25) is 38.4 Å². The molecule has 0 amide bonds. The Hall–Kier alpha value is -8.77. The van der Waals surface area contributed by atoms with Crippen LogP contribution in [0.2, 0.25) is 0 Å². The Morgan fingerprint density at radius 2 is 1.17 bits per heavy atom. The number of halogens is 1. The number of esters is 8. The first-order valence-electron chi connectivity index (χ1n) is 36.9. The maximum absolute atomic E-state index is 14.4. The number of carbonyl (C=O) groups is 9. The second-order valence-corrected chi connectivity index (χ2v) is 28.9. The molecule has 0 aromatic heterocycles. The normalized spacial score (nSPS) is 20.4. The summed E-state index contributed by atoms with van der Waals surface area (Å²) >= 11 is 3.47. The Balaban J connectivity index is 1.12. The number of carbonyl (C=O) groups excluding carboxylic acids is 9. The monoisotopic (exact) mass is 1490 g/mol. The average molecular weight is 1490 g/mol. The highest BCUT2D eigenvalue weighted by molar-refractivity contribution is 9.10. The number of hydrogen-bond donors (Lipinski definition) is 0. The fraction of sp³-hybridized carbons (Fsp3) is 0.477. The molecule has 11 unspecified atom stereocenters. The van der Waals surface area contributed by atoms with Crippen molar-refractivity contribution in [2.45, 2.75) is 209 Å². The number of unbranched alkanes of at least 4 members (excludes halogenated alkanes) is 2. The van der Waals surface area contributed by atoms with E-state index in [2.05, 4.69) is 41.1 Å². The minimum atomic E-state index is -1.26. The second-order valence-electron chi connectivity index (χ2n) is 28.0. The SMILES string of the molecule is CCC(CC(C)C(=O)OCc1ccccc1)C(=O)CC/C1=C/C(C)C/C(C)=C/C(C)C(OC(=O)c2ccc(Br)cc2)C(C)CCC(CCCC/C=C/C(C)CCC(C)OC(=O)CC(CC(=O)OCc2ccccc2)C(=O)OCc2ccccc2)OC(=O)CC(C(=O)OCc2ccccc2)CC(=O)OC1. The zero-order valence-corrected chi connectivity index (χ0v) is 63.5. The second kappa shape index (κ2) is 46.1. The topological polar surface area (TPSA) is 227 Å². The maximum atomic E-state index is 14.4. The van der Waals surface area contributed by atoms with Gasteiger partial charge in [0.25, 0.3) is 0 Å². The molecule has 0 saturated heterocycles. The Labute approximate surface area is 623 Å². The quantitative estimate of drug-likeness (QED) is 0.0161. The number of rotatable bonds is 34. The summed E-state index contributed by atoms with van der Waals surface area (Å²) in [4.78, 5) is 123. The van der Waals surface area contributed by atoms with Gasteiger partial charge in [0.2, 0.25) is 0 Å². The van der Waals surface area contributed by atoms with E-state index >= 15 is 0 Å². The molecule has 0 fully saturated rings. The lowest BCUT2D eigenvalue weighted by atomic mass is 9.86. The summed E-state index contributed by atoms with van der Waals surface area (Å²) in [6.07, 6.45) is 11.5. The van der Waals surface area contributed by atoms with E-state index in [4.69, 9.17) is 37.9 Å². The van der Waals surface area contributed by atoms with E-state index in [1.807, 2.05) is 150 Å². The van der Waals surface area contributed by atoms with Crippen LogP contribution >= 0.6 is 15.9 Å². The first kappa shape index (κ1) is 84.2. The summed E-state index contributed by atoms with van der Waals surface area (Å²) in [7, 11) is 0. The van der Waals surface area contributed by atoms with Gasteiger partial charge in [0, 0.05) is 22.7 Å². The summed E-state index contributed by atoms with van der Waals surface area (Å²) in [6.45, 7) is 15.5. The molecular formula is C86H107BrO17. The average Bonchev–Trinajstić information content (AvgIpc) is 0.858. The van der Waals surface area contributed by atoms with E-state index in [0.717, 1.165) is 33.2 Å². The summed E-state index contributed by atoms with van der Waals surface area (Å²) in [5, 5.41) is 0. The van der Waals surface area contributed by atoms with E-state index in [1.54, 1.807) is 50.2 Å². The largest absolute Gasteiger partial charge is 0.463 e. The number of allylic oxidation sites excluding steroid dienone is 4. The van der Waals surface area contributed by atoms with Crippen molar-refractivity contribution in [2.75, 3.05) is 6.61 Å². The zero-order chi connectivity index (χ0) is 75.2. The van der Waals surface area contributed by atoms with Crippen molar-refractivity contribution in [3.8, 4) is 0 Å². The van der Waals surface area contributed by atoms with Gasteiger partial charge >= 0.3 is 47.8 Å². The molecule has 0 aliphatic carbocycles. The van der Waals surface area contributed by atoms with Crippen LogP contribution in [0.25, 0.3) is 0 Å². The van der Waals surface area contributed by atoms with Crippen LogP contribution in [0.15, 0.2) is 186 Å². The van der Waals surface area contributed by atoms with Gasteiger partial charge in [-0.15, -0.1) is 0 Å². The Morgan fingerprint density at radius 1 is 0.615 bits per heavy atom. The number of ketones is 1. The molecule has 18 heteroatoms. The predicted molar refractivity (Wildman–Crippen MR) is 401 cm³/mol. The molecule has 1 aliphatic rings. The third kappa shape index (κ3) is 32.5. The van der Waals surface area contributed by atoms with Crippen LogP contribution < -0.4 is 0 Å². The van der Waals surface area contributed by atoms with E-state index in [9.17, 15) is 43.2 Å². The van der Waals surface area contributed by atoms with E-state index in [0.29, 0.717) is 80.9 Å². The van der Waals surface area contributed by atoms with Crippen LogP contribution in [0.4, 0.5) is 0 Å². The van der Waals surface area contributed by atoms with Crippen LogP contribution in [0.5, 0.6) is 0 Å². The number of hydrogen-bond acceptors (Lipinski definition) is 17. The number of benzene rings is 5. The summed E-state index contributed by atoms with van der Waals surface area (Å²) < 4.78 is 47.7. The van der Waals surface area contributed by atoms with Gasteiger partial charge in [0.1, 0.15) is 51.0 Å². The van der Waals surface area contributed by atoms with Gasteiger partial charge in [-0.1, -0.05) is 209 Å². The van der Waals surface area contributed by atoms with Crippen LogP contribution in [0, 0.1) is 47.3 Å². The molecule has 560 valence electrons. The van der Waals surface area contributed by atoms with Crippen molar-refractivity contribution < 1.29 is 81.0 Å². The minimum absolute atomic E-state index is 0.0202. The van der Waals surface area contributed by atoms with Crippen LogP contribution in [-0.4, -0.2) is 78.5 Å². The summed E-state index contributed by atoms with van der Waals surface area (Å²) in [5.41, 5.74) is 5.24. The molecule has 0 spiro atoms. The molecule has 0 N–H and O–H groups in total. The first-order valence-corrected chi connectivity index (χ1v) is 37.7. The van der Waals surface area contributed by atoms with Gasteiger partial charge in [0.05, 0.1) is 55.1 Å². The number of ether oxygens (including phenoxy) is 8. The molecule has 0 radical (unpaired) electrons. The molecule has 11 atom stereocenters. The Kier molecular flexibility index (Phi) is 37.3. The molecule has 6 rings (SSSR count). The number of Topliss-reactive ketones (excluding diaryl/α,β-unsaturated/α-hetero) is 1. The highest BCUT2D eigenvalue weighted by atomic mass is 79.9. The smallest absolute Gasteiger partial charge is 0.338 e. The summed E-state index contributed by atoms with van der Waals surface area (Å²) in [6, 6.07) is 43.7. The molecule has 0 bridgehead atoms. The molecule has 104 heavy (non-hydrogen) atoms. The van der Waals surface area contributed by atoms with Crippen LogP contribution in [0.3, 0.4) is 0 Å². The van der Waals surface area contributed by atoms with E-state index in [-0.39, 0.29) is 94.1 Å². The predicted octanol–water partition coefficient (Wildman–Crippen LogP) is 18.0. The lowest BCUT2D eigenvalue weighted by Gasteiger charge is -2.30.